The number of anilines is 2. The van der Waals surface area contributed by atoms with Gasteiger partial charge in [0, 0.05) is 37.1 Å². The first-order chi connectivity index (χ1) is 13.0. The lowest BCUT2D eigenvalue weighted by Gasteiger charge is -2.33. The summed E-state index contributed by atoms with van der Waals surface area (Å²) in [5.41, 5.74) is 10.4. The Morgan fingerprint density at radius 3 is 3.07 bits per heavy atom. The third-order valence-corrected chi connectivity index (χ3v) is 5.51. The van der Waals surface area contributed by atoms with E-state index in [-0.39, 0.29) is 11.9 Å². The van der Waals surface area contributed by atoms with E-state index in [2.05, 4.69) is 36.1 Å². The van der Waals surface area contributed by atoms with Crippen molar-refractivity contribution in [3.63, 3.8) is 0 Å². The van der Waals surface area contributed by atoms with Crippen LogP contribution in [0.4, 0.5) is 11.4 Å². The number of hydrogen-bond donors (Lipinski definition) is 3. The van der Waals surface area contributed by atoms with Crippen LogP contribution in [0, 0.1) is 6.92 Å². The van der Waals surface area contributed by atoms with Crippen molar-refractivity contribution in [1.29, 1.82) is 0 Å². The SMILES string of the molecule is Cc1cccc(C(=O)Nc2c[nH]c3ncc(Br)c(N4CCCC(N)C4)c23)c1. The number of nitrogens with zero attached hydrogens (tertiary/aromatic N) is 2. The van der Waals surface area contributed by atoms with E-state index in [1.54, 1.807) is 12.4 Å². The van der Waals surface area contributed by atoms with Crippen LogP contribution in [-0.2, 0) is 0 Å². The zero-order chi connectivity index (χ0) is 19.0. The Morgan fingerprint density at radius 1 is 1.44 bits per heavy atom. The number of nitrogens with two attached hydrogens (primary N) is 1. The summed E-state index contributed by atoms with van der Waals surface area (Å²) >= 11 is 3.64. The second kappa shape index (κ2) is 7.32. The van der Waals surface area contributed by atoms with Gasteiger partial charge in [0.15, 0.2) is 0 Å². The van der Waals surface area contributed by atoms with Crippen LogP contribution in [0.15, 0.2) is 41.1 Å². The highest BCUT2D eigenvalue weighted by Gasteiger charge is 2.24. The predicted molar refractivity (Wildman–Crippen MR) is 112 cm³/mol. The Kier molecular flexibility index (Phi) is 4.88. The maximum absolute atomic E-state index is 12.7. The summed E-state index contributed by atoms with van der Waals surface area (Å²) in [5, 5.41) is 3.94. The van der Waals surface area contributed by atoms with Gasteiger partial charge in [0.25, 0.3) is 5.91 Å². The lowest BCUT2D eigenvalue weighted by molar-refractivity contribution is 0.102. The van der Waals surface area contributed by atoms with Gasteiger partial charge in [0.05, 0.1) is 21.2 Å². The van der Waals surface area contributed by atoms with E-state index in [4.69, 9.17) is 5.73 Å². The van der Waals surface area contributed by atoms with Crippen LogP contribution in [-0.4, -0.2) is 35.0 Å². The van der Waals surface area contributed by atoms with Gasteiger partial charge in [-0.05, 0) is 47.8 Å². The molecule has 1 fully saturated rings. The summed E-state index contributed by atoms with van der Waals surface area (Å²) in [7, 11) is 0. The van der Waals surface area contributed by atoms with Gasteiger partial charge >= 0.3 is 0 Å². The topological polar surface area (TPSA) is 87.0 Å². The van der Waals surface area contributed by atoms with E-state index in [9.17, 15) is 4.79 Å². The summed E-state index contributed by atoms with van der Waals surface area (Å²) in [6.45, 7) is 3.69. The first-order valence-corrected chi connectivity index (χ1v) is 9.86. The number of amides is 1. The molecule has 2 aromatic heterocycles. The molecule has 3 heterocycles. The molecule has 0 saturated carbocycles. The average molecular weight is 428 g/mol. The molecule has 7 heteroatoms. The van der Waals surface area contributed by atoms with E-state index in [0.717, 1.165) is 58.4 Å². The number of aromatic amines is 1. The number of hydrogen-bond acceptors (Lipinski definition) is 4. The molecule has 1 atom stereocenters. The van der Waals surface area contributed by atoms with Crippen LogP contribution < -0.4 is 16.0 Å². The molecule has 6 nitrogen and oxygen atoms in total. The van der Waals surface area contributed by atoms with Crippen LogP contribution in [0.1, 0.15) is 28.8 Å². The summed E-state index contributed by atoms with van der Waals surface area (Å²) in [4.78, 5) is 22.6. The zero-order valence-corrected chi connectivity index (χ0v) is 16.7. The number of aromatic nitrogens is 2. The van der Waals surface area contributed by atoms with Gasteiger partial charge in [-0.3, -0.25) is 4.79 Å². The first-order valence-electron chi connectivity index (χ1n) is 9.07. The van der Waals surface area contributed by atoms with Gasteiger partial charge in [-0.15, -0.1) is 0 Å². The van der Waals surface area contributed by atoms with Crippen LogP contribution in [0.25, 0.3) is 11.0 Å². The summed E-state index contributed by atoms with van der Waals surface area (Å²) < 4.78 is 0.898. The molecule has 4 N–H and O–H groups in total. The standard InChI is InChI=1S/C20H22BrN5O/c1-12-4-2-5-13(8-12)20(27)25-16-10-24-19-17(16)18(15(21)9-23-19)26-7-3-6-14(22)11-26/h2,4-5,8-10,14H,3,6-7,11,22H2,1H3,(H,23,24)(H,25,27). The van der Waals surface area contributed by atoms with E-state index in [1.165, 1.54) is 0 Å². The van der Waals surface area contributed by atoms with Crippen molar-refractivity contribution in [2.75, 3.05) is 23.3 Å². The molecule has 1 aliphatic heterocycles. The minimum atomic E-state index is -0.138. The normalized spacial score (nSPS) is 17.3. The fraction of sp³-hybridized carbons (Fsp3) is 0.300. The lowest BCUT2D eigenvalue weighted by Crippen LogP contribution is -2.43. The maximum Gasteiger partial charge on any atom is 0.255 e. The Labute approximate surface area is 166 Å². The van der Waals surface area contributed by atoms with Crippen molar-refractivity contribution in [2.45, 2.75) is 25.8 Å². The van der Waals surface area contributed by atoms with Crippen molar-refractivity contribution in [2.24, 2.45) is 5.73 Å². The third kappa shape index (κ3) is 3.57. The number of piperidine rings is 1. The number of nitrogens with one attached hydrogen (secondary N) is 2. The van der Waals surface area contributed by atoms with Crippen molar-refractivity contribution in [3.8, 4) is 0 Å². The second-order valence-corrected chi connectivity index (χ2v) is 7.91. The largest absolute Gasteiger partial charge is 0.368 e. The van der Waals surface area contributed by atoms with E-state index >= 15 is 0 Å². The van der Waals surface area contributed by atoms with Gasteiger partial charge in [-0.1, -0.05) is 17.7 Å². The minimum absolute atomic E-state index is 0.138. The number of pyridine rings is 1. The minimum Gasteiger partial charge on any atom is -0.368 e. The Balaban J connectivity index is 1.73. The molecular weight excluding hydrogens is 406 g/mol. The quantitative estimate of drug-likeness (QED) is 0.592. The highest BCUT2D eigenvalue weighted by Crippen LogP contribution is 2.38. The summed E-state index contributed by atoms with van der Waals surface area (Å²) in [5.74, 6) is -0.138. The van der Waals surface area contributed by atoms with E-state index in [0.29, 0.717) is 5.56 Å². The molecule has 27 heavy (non-hydrogen) atoms. The molecule has 140 valence electrons. The number of fused-ring (bicyclic) bond motifs is 1. The predicted octanol–water partition coefficient (Wildman–Crippen LogP) is 3.81. The molecule has 3 aromatic rings. The fourth-order valence-electron chi connectivity index (χ4n) is 3.66. The molecule has 1 aromatic carbocycles. The van der Waals surface area contributed by atoms with Crippen molar-refractivity contribution in [3.05, 3.63) is 52.3 Å². The van der Waals surface area contributed by atoms with Crippen molar-refractivity contribution < 1.29 is 4.79 Å². The van der Waals surface area contributed by atoms with Crippen molar-refractivity contribution >= 4 is 44.2 Å². The van der Waals surface area contributed by atoms with Gasteiger partial charge < -0.3 is 20.9 Å². The number of halogens is 1. The lowest BCUT2D eigenvalue weighted by atomic mass is 10.1. The smallest absolute Gasteiger partial charge is 0.255 e. The number of rotatable bonds is 3. The molecule has 0 spiro atoms. The average Bonchev–Trinajstić information content (AvgIpc) is 3.04. The van der Waals surface area contributed by atoms with E-state index in [1.807, 2.05) is 31.2 Å². The third-order valence-electron chi connectivity index (χ3n) is 4.93. The van der Waals surface area contributed by atoms with Crippen LogP contribution >= 0.6 is 15.9 Å². The second-order valence-electron chi connectivity index (χ2n) is 7.05. The molecule has 4 rings (SSSR count). The molecule has 0 aliphatic carbocycles. The van der Waals surface area contributed by atoms with Crippen LogP contribution in [0.2, 0.25) is 0 Å². The Bertz CT molecular complexity index is 999. The number of carbonyl (C=O) groups excluding carboxylic acids is 1. The molecule has 0 radical (unpaired) electrons. The number of H-pyrrole nitrogens is 1. The van der Waals surface area contributed by atoms with Gasteiger partial charge in [0.1, 0.15) is 5.65 Å². The maximum atomic E-state index is 12.7. The fourth-order valence-corrected chi connectivity index (χ4v) is 4.21. The molecule has 1 aliphatic rings. The van der Waals surface area contributed by atoms with Crippen molar-refractivity contribution in [1.82, 2.24) is 9.97 Å². The highest BCUT2D eigenvalue weighted by molar-refractivity contribution is 9.10. The zero-order valence-electron chi connectivity index (χ0n) is 15.1. The Morgan fingerprint density at radius 2 is 2.30 bits per heavy atom. The molecular formula is C20H22BrN5O. The molecule has 1 amide bonds. The van der Waals surface area contributed by atoms with Gasteiger partial charge in [-0.2, -0.15) is 0 Å². The molecule has 0 bridgehead atoms. The molecule has 1 saturated heterocycles. The summed E-state index contributed by atoms with van der Waals surface area (Å²) in [6.07, 6.45) is 5.67. The highest BCUT2D eigenvalue weighted by atomic mass is 79.9. The first kappa shape index (κ1) is 18.0. The van der Waals surface area contributed by atoms with E-state index < -0.39 is 0 Å². The van der Waals surface area contributed by atoms with Gasteiger partial charge in [0.2, 0.25) is 0 Å². The molecule has 1 unspecified atom stereocenters. The summed E-state index contributed by atoms with van der Waals surface area (Å²) in [6, 6.07) is 7.70. The number of aryl methyl sites for hydroxylation is 1. The van der Waals surface area contributed by atoms with Crippen LogP contribution in [0.5, 0.6) is 0 Å². The van der Waals surface area contributed by atoms with Crippen LogP contribution in [0.3, 0.4) is 0 Å². The number of carbonyl (C=O) groups is 1. The monoisotopic (exact) mass is 427 g/mol. The Hall–Kier alpha value is -2.38. The van der Waals surface area contributed by atoms with Gasteiger partial charge in [-0.25, -0.2) is 4.98 Å². The number of benzene rings is 1.